The number of carbonyl (C=O) groups excluding carboxylic acids is 2. The molecule has 1 heterocycles. The molecule has 0 saturated heterocycles. The highest BCUT2D eigenvalue weighted by Crippen LogP contribution is 2.25. The summed E-state index contributed by atoms with van der Waals surface area (Å²) in [4.78, 5) is 27.3. The van der Waals surface area contributed by atoms with Gasteiger partial charge in [0.15, 0.2) is 0 Å². The fraction of sp³-hybridized carbons (Fsp3) is 0.133. The van der Waals surface area contributed by atoms with Crippen LogP contribution in [0.2, 0.25) is 5.02 Å². The van der Waals surface area contributed by atoms with Crippen LogP contribution in [-0.2, 0) is 4.79 Å². The van der Waals surface area contributed by atoms with Gasteiger partial charge >= 0.3 is 0 Å². The molecule has 2 amide bonds. The Bertz CT molecular complexity index is 701. The number of rotatable bonds is 3. The van der Waals surface area contributed by atoms with Crippen molar-refractivity contribution in [2.24, 2.45) is 0 Å². The van der Waals surface area contributed by atoms with Crippen LogP contribution < -0.4 is 10.6 Å². The zero-order chi connectivity index (χ0) is 15.4. The van der Waals surface area contributed by atoms with Crippen LogP contribution in [0.3, 0.4) is 0 Å². The van der Waals surface area contributed by atoms with Gasteiger partial charge in [0.2, 0.25) is 5.91 Å². The number of anilines is 2. The summed E-state index contributed by atoms with van der Waals surface area (Å²) in [5.41, 5.74) is 2.05. The number of carbonyl (C=O) groups is 2. The molecule has 0 radical (unpaired) electrons. The molecule has 1 aromatic heterocycles. The van der Waals surface area contributed by atoms with E-state index < -0.39 is 0 Å². The first kappa shape index (κ1) is 15.0. The zero-order valence-corrected chi connectivity index (χ0v) is 12.4. The van der Waals surface area contributed by atoms with Gasteiger partial charge in [-0.15, -0.1) is 0 Å². The minimum absolute atomic E-state index is 0.235. The molecule has 2 N–H and O–H groups in total. The first-order valence-corrected chi connectivity index (χ1v) is 6.65. The lowest BCUT2D eigenvalue weighted by Crippen LogP contribution is -2.14. The van der Waals surface area contributed by atoms with E-state index in [0.717, 1.165) is 5.69 Å². The van der Waals surface area contributed by atoms with Crippen molar-refractivity contribution in [3.8, 4) is 0 Å². The van der Waals surface area contributed by atoms with Gasteiger partial charge in [0, 0.05) is 18.3 Å². The number of halogens is 1. The third-order valence-corrected chi connectivity index (χ3v) is 2.99. The zero-order valence-electron chi connectivity index (χ0n) is 11.6. The molecule has 5 nitrogen and oxygen atoms in total. The molecule has 0 fully saturated rings. The van der Waals surface area contributed by atoms with Crippen LogP contribution in [0, 0.1) is 6.92 Å². The standard InChI is InChI=1S/C15H14ClN3O2/c1-9-4-3-5-13(17-9)15(21)19-11-6-7-12(16)14(8-11)18-10(2)20/h3-8H,1-2H3,(H,18,20)(H,19,21). The smallest absolute Gasteiger partial charge is 0.274 e. The van der Waals surface area contributed by atoms with E-state index in [0.29, 0.717) is 22.1 Å². The minimum Gasteiger partial charge on any atom is -0.325 e. The van der Waals surface area contributed by atoms with Crippen molar-refractivity contribution < 1.29 is 9.59 Å². The number of pyridine rings is 1. The molecule has 6 heteroatoms. The van der Waals surface area contributed by atoms with E-state index in [2.05, 4.69) is 15.6 Å². The normalized spacial score (nSPS) is 10.0. The molecule has 0 bridgehead atoms. The molecule has 0 spiro atoms. The second-order valence-corrected chi connectivity index (χ2v) is 4.90. The van der Waals surface area contributed by atoms with Crippen molar-refractivity contribution in [3.05, 3.63) is 52.8 Å². The summed E-state index contributed by atoms with van der Waals surface area (Å²) in [7, 11) is 0. The van der Waals surface area contributed by atoms with Gasteiger partial charge in [0.1, 0.15) is 5.69 Å². The maximum Gasteiger partial charge on any atom is 0.274 e. The largest absolute Gasteiger partial charge is 0.325 e. The van der Waals surface area contributed by atoms with E-state index in [4.69, 9.17) is 11.6 Å². The van der Waals surface area contributed by atoms with E-state index in [-0.39, 0.29) is 11.8 Å². The van der Waals surface area contributed by atoms with Crippen molar-refractivity contribution in [1.29, 1.82) is 0 Å². The number of nitrogens with one attached hydrogen (secondary N) is 2. The molecular weight excluding hydrogens is 290 g/mol. The summed E-state index contributed by atoms with van der Waals surface area (Å²) < 4.78 is 0. The second-order valence-electron chi connectivity index (χ2n) is 4.49. The molecule has 108 valence electrons. The van der Waals surface area contributed by atoms with Gasteiger partial charge in [-0.1, -0.05) is 17.7 Å². The van der Waals surface area contributed by atoms with Gasteiger partial charge in [-0.25, -0.2) is 4.98 Å². The molecule has 2 aromatic rings. The monoisotopic (exact) mass is 303 g/mol. The summed E-state index contributed by atoms with van der Waals surface area (Å²) in [5.74, 6) is -0.560. The third-order valence-electron chi connectivity index (χ3n) is 2.66. The molecule has 0 aliphatic heterocycles. The lowest BCUT2D eigenvalue weighted by molar-refractivity contribution is -0.114. The predicted molar refractivity (Wildman–Crippen MR) is 82.7 cm³/mol. The Morgan fingerprint density at radius 3 is 2.57 bits per heavy atom. The van der Waals surface area contributed by atoms with Gasteiger partial charge in [-0.05, 0) is 37.3 Å². The van der Waals surface area contributed by atoms with Crippen molar-refractivity contribution in [3.63, 3.8) is 0 Å². The Morgan fingerprint density at radius 1 is 1.14 bits per heavy atom. The first-order chi connectivity index (χ1) is 9.95. The summed E-state index contributed by atoms with van der Waals surface area (Å²) in [6.45, 7) is 3.20. The Balaban J connectivity index is 2.19. The molecule has 0 aliphatic rings. The number of aryl methyl sites for hydroxylation is 1. The highest BCUT2D eigenvalue weighted by molar-refractivity contribution is 6.33. The fourth-order valence-corrected chi connectivity index (χ4v) is 1.92. The third kappa shape index (κ3) is 4.03. The summed E-state index contributed by atoms with van der Waals surface area (Å²) in [6, 6.07) is 10.1. The maximum atomic E-state index is 12.1. The van der Waals surface area contributed by atoms with Crippen molar-refractivity contribution in [2.45, 2.75) is 13.8 Å². The lowest BCUT2D eigenvalue weighted by Gasteiger charge is -2.09. The maximum absolute atomic E-state index is 12.1. The molecular formula is C15H14ClN3O2. The summed E-state index contributed by atoms with van der Waals surface area (Å²) in [5, 5.41) is 5.71. The van der Waals surface area contributed by atoms with Crippen LogP contribution in [0.1, 0.15) is 23.1 Å². The minimum atomic E-state index is -0.324. The van der Waals surface area contributed by atoms with E-state index in [1.807, 2.05) is 13.0 Å². The number of nitrogens with zero attached hydrogens (tertiary/aromatic N) is 1. The van der Waals surface area contributed by atoms with Gasteiger partial charge in [-0.3, -0.25) is 9.59 Å². The topological polar surface area (TPSA) is 71.1 Å². The van der Waals surface area contributed by atoms with Crippen LogP contribution in [0.25, 0.3) is 0 Å². The van der Waals surface area contributed by atoms with Crippen LogP contribution in [-0.4, -0.2) is 16.8 Å². The number of hydrogen-bond acceptors (Lipinski definition) is 3. The fourth-order valence-electron chi connectivity index (χ4n) is 1.75. The van der Waals surface area contributed by atoms with Crippen molar-refractivity contribution in [1.82, 2.24) is 4.98 Å². The van der Waals surface area contributed by atoms with Crippen molar-refractivity contribution >= 4 is 34.8 Å². The van der Waals surface area contributed by atoms with E-state index in [1.165, 1.54) is 6.92 Å². The predicted octanol–water partition coefficient (Wildman–Crippen LogP) is 3.25. The van der Waals surface area contributed by atoms with Gasteiger partial charge < -0.3 is 10.6 Å². The van der Waals surface area contributed by atoms with Crippen LogP contribution >= 0.6 is 11.6 Å². The van der Waals surface area contributed by atoms with Gasteiger partial charge in [0.05, 0.1) is 10.7 Å². The number of benzene rings is 1. The number of hydrogen-bond donors (Lipinski definition) is 2. The SMILES string of the molecule is CC(=O)Nc1cc(NC(=O)c2cccc(C)n2)ccc1Cl. The molecule has 2 rings (SSSR count). The van der Waals surface area contributed by atoms with E-state index in [9.17, 15) is 9.59 Å². The van der Waals surface area contributed by atoms with Gasteiger partial charge in [0.25, 0.3) is 5.91 Å². The van der Waals surface area contributed by atoms with Gasteiger partial charge in [-0.2, -0.15) is 0 Å². The first-order valence-electron chi connectivity index (χ1n) is 6.28. The lowest BCUT2D eigenvalue weighted by atomic mass is 10.2. The number of aromatic nitrogens is 1. The van der Waals surface area contributed by atoms with Crippen LogP contribution in [0.4, 0.5) is 11.4 Å². The Hall–Kier alpha value is -2.40. The quantitative estimate of drug-likeness (QED) is 0.914. The Morgan fingerprint density at radius 2 is 1.90 bits per heavy atom. The average Bonchev–Trinajstić information content (AvgIpc) is 2.42. The van der Waals surface area contributed by atoms with E-state index in [1.54, 1.807) is 30.3 Å². The molecule has 0 unspecified atom stereocenters. The molecule has 0 aliphatic carbocycles. The Kier molecular flexibility index (Phi) is 4.55. The molecule has 0 atom stereocenters. The summed E-state index contributed by atoms with van der Waals surface area (Å²) >= 11 is 5.97. The highest BCUT2D eigenvalue weighted by Gasteiger charge is 2.09. The summed E-state index contributed by atoms with van der Waals surface area (Å²) in [6.07, 6.45) is 0. The van der Waals surface area contributed by atoms with E-state index >= 15 is 0 Å². The highest BCUT2D eigenvalue weighted by atomic mass is 35.5. The molecule has 0 saturated carbocycles. The molecule has 1 aromatic carbocycles. The number of amides is 2. The molecule has 21 heavy (non-hydrogen) atoms. The van der Waals surface area contributed by atoms with Crippen LogP contribution in [0.5, 0.6) is 0 Å². The Labute approximate surface area is 127 Å². The second kappa shape index (κ2) is 6.37. The van der Waals surface area contributed by atoms with Crippen molar-refractivity contribution in [2.75, 3.05) is 10.6 Å². The van der Waals surface area contributed by atoms with Crippen LogP contribution in [0.15, 0.2) is 36.4 Å². The average molecular weight is 304 g/mol.